The van der Waals surface area contributed by atoms with E-state index in [4.69, 9.17) is 4.74 Å². The first-order valence-electron chi connectivity index (χ1n) is 7.76. The first-order chi connectivity index (χ1) is 9.65. The predicted molar refractivity (Wildman–Crippen MR) is 86.2 cm³/mol. The van der Waals surface area contributed by atoms with Gasteiger partial charge in [0.1, 0.15) is 5.75 Å². The Kier molecular flexibility index (Phi) is 7.63. The predicted octanol–water partition coefficient (Wildman–Crippen LogP) is 3.43. The maximum absolute atomic E-state index is 5.52. The zero-order valence-corrected chi connectivity index (χ0v) is 13.7. The van der Waals surface area contributed by atoms with E-state index in [1.807, 2.05) is 0 Å². The molecule has 114 valence electrons. The minimum atomic E-state index is 0.599. The van der Waals surface area contributed by atoms with Crippen LogP contribution in [0.25, 0.3) is 0 Å². The minimum absolute atomic E-state index is 0.599. The third kappa shape index (κ3) is 4.80. The molecule has 1 aromatic carbocycles. The van der Waals surface area contributed by atoms with Crippen LogP contribution in [0.5, 0.6) is 5.75 Å². The lowest BCUT2D eigenvalue weighted by Crippen LogP contribution is -2.32. The molecule has 1 N–H and O–H groups in total. The average Bonchev–Trinajstić information content (AvgIpc) is 2.49. The van der Waals surface area contributed by atoms with Crippen LogP contribution in [0.1, 0.15) is 45.2 Å². The lowest BCUT2D eigenvalue weighted by molar-refractivity contribution is 0.203. The molecule has 1 rings (SSSR count). The van der Waals surface area contributed by atoms with Crippen molar-refractivity contribution in [1.82, 2.24) is 10.2 Å². The van der Waals surface area contributed by atoms with Crippen molar-refractivity contribution in [3.8, 4) is 5.75 Å². The molecule has 0 radical (unpaired) electrons. The monoisotopic (exact) mass is 278 g/mol. The number of hydrogen-bond acceptors (Lipinski definition) is 3. The number of methoxy groups -OCH3 is 1. The van der Waals surface area contributed by atoms with Crippen LogP contribution in [0.3, 0.4) is 0 Å². The van der Waals surface area contributed by atoms with Gasteiger partial charge in [0.25, 0.3) is 0 Å². The molecule has 0 aliphatic rings. The van der Waals surface area contributed by atoms with Crippen LogP contribution < -0.4 is 10.1 Å². The molecule has 0 aliphatic carbocycles. The smallest absolute Gasteiger partial charge is 0.123 e. The van der Waals surface area contributed by atoms with Crippen molar-refractivity contribution in [2.24, 2.45) is 0 Å². The molecule has 0 fully saturated rings. The Morgan fingerprint density at radius 3 is 2.55 bits per heavy atom. The standard InChI is InChI=1S/C17H30N2O/c1-6-14(4)19(8-3)13-16-11-15(12-18-7-2)9-10-17(16)20-5/h9-11,14,18H,6-8,12-13H2,1-5H3. The van der Waals surface area contributed by atoms with Gasteiger partial charge in [0.05, 0.1) is 7.11 Å². The average molecular weight is 278 g/mol. The quantitative estimate of drug-likeness (QED) is 0.749. The second-order valence-electron chi connectivity index (χ2n) is 5.25. The van der Waals surface area contributed by atoms with Gasteiger partial charge in [-0.25, -0.2) is 0 Å². The highest BCUT2D eigenvalue weighted by Crippen LogP contribution is 2.23. The van der Waals surface area contributed by atoms with Crippen molar-refractivity contribution < 1.29 is 4.74 Å². The second kappa shape index (κ2) is 8.98. The number of benzene rings is 1. The first-order valence-corrected chi connectivity index (χ1v) is 7.76. The normalized spacial score (nSPS) is 12.7. The van der Waals surface area contributed by atoms with Gasteiger partial charge in [-0.2, -0.15) is 0 Å². The Hall–Kier alpha value is -1.06. The fourth-order valence-corrected chi connectivity index (χ4v) is 2.39. The molecule has 0 heterocycles. The molecule has 0 aromatic heterocycles. The number of ether oxygens (including phenoxy) is 1. The summed E-state index contributed by atoms with van der Waals surface area (Å²) in [5, 5.41) is 3.38. The van der Waals surface area contributed by atoms with Gasteiger partial charge in [-0.05, 0) is 44.1 Å². The Balaban J connectivity index is 2.89. The molecule has 3 nitrogen and oxygen atoms in total. The third-order valence-corrected chi connectivity index (χ3v) is 3.92. The van der Waals surface area contributed by atoms with E-state index in [2.05, 4.69) is 56.1 Å². The number of nitrogens with zero attached hydrogens (tertiary/aromatic N) is 1. The van der Waals surface area contributed by atoms with Crippen LogP contribution in [-0.4, -0.2) is 31.1 Å². The van der Waals surface area contributed by atoms with E-state index in [9.17, 15) is 0 Å². The van der Waals surface area contributed by atoms with E-state index in [0.717, 1.165) is 31.9 Å². The van der Waals surface area contributed by atoms with Gasteiger partial charge in [-0.15, -0.1) is 0 Å². The molecule has 0 amide bonds. The summed E-state index contributed by atoms with van der Waals surface area (Å²) in [5.41, 5.74) is 2.60. The van der Waals surface area contributed by atoms with Gasteiger partial charge < -0.3 is 10.1 Å². The maximum Gasteiger partial charge on any atom is 0.123 e. The molecule has 1 aromatic rings. The van der Waals surface area contributed by atoms with E-state index in [-0.39, 0.29) is 0 Å². The van der Waals surface area contributed by atoms with E-state index in [0.29, 0.717) is 6.04 Å². The van der Waals surface area contributed by atoms with Crippen molar-refractivity contribution in [2.45, 2.75) is 53.2 Å². The van der Waals surface area contributed by atoms with E-state index in [1.54, 1.807) is 7.11 Å². The van der Waals surface area contributed by atoms with Crippen molar-refractivity contribution in [3.63, 3.8) is 0 Å². The van der Waals surface area contributed by atoms with Crippen molar-refractivity contribution in [3.05, 3.63) is 29.3 Å². The summed E-state index contributed by atoms with van der Waals surface area (Å²) in [6, 6.07) is 7.10. The maximum atomic E-state index is 5.52. The molecule has 1 unspecified atom stereocenters. The van der Waals surface area contributed by atoms with E-state index in [1.165, 1.54) is 17.5 Å². The largest absolute Gasteiger partial charge is 0.496 e. The molecule has 0 aliphatic heterocycles. The van der Waals surface area contributed by atoms with Crippen molar-refractivity contribution in [2.75, 3.05) is 20.2 Å². The lowest BCUT2D eigenvalue weighted by Gasteiger charge is -2.27. The molecular formula is C17H30N2O. The van der Waals surface area contributed by atoms with Crippen LogP contribution in [0.4, 0.5) is 0 Å². The summed E-state index contributed by atoms with van der Waals surface area (Å²) >= 11 is 0. The van der Waals surface area contributed by atoms with Crippen LogP contribution in [0, 0.1) is 0 Å². The van der Waals surface area contributed by atoms with Crippen molar-refractivity contribution in [1.29, 1.82) is 0 Å². The molecule has 0 bridgehead atoms. The van der Waals surface area contributed by atoms with Gasteiger partial charge in [0.15, 0.2) is 0 Å². The fraction of sp³-hybridized carbons (Fsp3) is 0.647. The molecule has 3 heteroatoms. The molecular weight excluding hydrogens is 248 g/mol. The van der Waals surface area contributed by atoms with Gasteiger partial charge in [-0.1, -0.05) is 26.8 Å². The highest BCUT2D eigenvalue weighted by Gasteiger charge is 2.13. The summed E-state index contributed by atoms with van der Waals surface area (Å²) in [5.74, 6) is 0.993. The number of hydrogen-bond donors (Lipinski definition) is 1. The topological polar surface area (TPSA) is 24.5 Å². The van der Waals surface area contributed by atoms with Crippen LogP contribution >= 0.6 is 0 Å². The molecule has 1 atom stereocenters. The van der Waals surface area contributed by atoms with Gasteiger partial charge in [-0.3, -0.25) is 4.90 Å². The zero-order chi connectivity index (χ0) is 15.0. The lowest BCUT2D eigenvalue weighted by atomic mass is 10.1. The third-order valence-electron chi connectivity index (χ3n) is 3.92. The summed E-state index contributed by atoms with van der Waals surface area (Å²) in [7, 11) is 1.75. The highest BCUT2D eigenvalue weighted by atomic mass is 16.5. The zero-order valence-electron chi connectivity index (χ0n) is 13.7. The van der Waals surface area contributed by atoms with E-state index < -0.39 is 0 Å². The Bertz CT molecular complexity index is 393. The number of rotatable bonds is 9. The van der Waals surface area contributed by atoms with E-state index >= 15 is 0 Å². The van der Waals surface area contributed by atoms with Crippen LogP contribution in [0.15, 0.2) is 18.2 Å². The molecule has 0 saturated heterocycles. The van der Waals surface area contributed by atoms with Gasteiger partial charge in [0.2, 0.25) is 0 Å². The number of nitrogens with one attached hydrogen (secondary N) is 1. The Labute approximate surface area is 124 Å². The Morgan fingerprint density at radius 1 is 1.25 bits per heavy atom. The summed E-state index contributed by atoms with van der Waals surface area (Å²) in [6.45, 7) is 12.8. The SMILES string of the molecule is CCNCc1ccc(OC)c(CN(CC)C(C)CC)c1. The summed E-state index contributed by atoms with van der Waals surface area (Å²) in [6.07, 6.45) is 1.17. The summed E-state index contributed by atoms with van der Waals surface area (Å²) < 4.78 is 5.52. The second-order valence-corrected chi connectivity index (χ2v) is 5.25. The van der Waals surface area contributed by atoms with Gasteiger partial charge in [0, 0.05) is 24.7 Å². The molecule has 0 saturated carbocycles. The molecule has 20 heavy (non-hydrogen) atoms. The van der Waals surface area contributed by atoms with Crippen LogP contribution in [0.2, 0.25) is 0 Å². The highest BCUT2D eigenvalue weighted by molar-refractivity contribution is 5.37. The van der Waals surface area contributed by atoms with Crippen molar-refractivity contribution >= 4 is 0 Å². The fourth-order valence-electron chi connectivity index (χ4n) is 2.39. The minimum Gasteiger partial charge on any atom is -0.496 e. The van der Waals surface area contributed by atoms with Crippen LogP contribution in [-0.2, 0) is 13.1 Å². The first kappa shape index (κ1) is 17.0. The summed E-state index contributed by atoms with van der Waals surface area (Å²) in [4.78, 5) is 2.49. The molecule has 0 spiro atoms. The Morgan fingerprint density at radius 2 is 2.00 bits per heavy atom. The van der Waals surface area contributed by atoms with Gasteiger partial charge >= 0.3 is 0 Å².